The molecule has 142 valence electrons. The van der Waals surface area contributed by atoms with Crippen molar-refractivity contribution >= 4 is 17.6 Å². The summed E-state index contributed by atoms with van der Waals surface area (Å²) >= 11 is 0. The van der Waals surface area contributed by atoms with Crippen molar-refractivity contribution in [2.75, 3.05) is 6.61 Å². The molecule has 1 unspecified atom stereocenters. The van der Waals surface area contributed by atoms with Crippen LogP contribution in [0.3, 0.4) is 0 Å². The van der Waals surface area contributed by atoms with E-state index in [0.29, 0.717) is 18.4 Å². The molecule has 2 aliphatic rings. The Hall–Kier alpha value is -2.15. The van der Waals surface area contributed by atoms with Crippen LogP contribution in [0.4, 0.5) is 0 Å². The maximum atomic E-state index is 12.9. The fourth-order valence-electron chi connectivity index (χ4n) is 3.69. The summed E-state index contributed by atoms with van der Waals surface area (Å²) in [5.41, 5.74) is 0.403. The SMILES string of the molecule is CC[C@@H]1OCC(=O)C1NC(=O)[C@H](CC1(C)CCC1)NC(=O)c1ccoc1. The molecule has 0 radical (unpaired) electrons. The normalized spacial score (nSPS) is 25.4. The van der Waals surface area contributed by atoms with Gasteiger partial charge < -0.3 is 19.8 Å². The Labute approximate surface area is 152 Å². The number of hydrogen-bond acceptors (Lipinski definition) is 5. The lowest BCUT2D eigenvalue weighted by Gasteiger charge is -2.40. The zero-order valence-corrected chi connectivity index (χ0v) is 15.2. The largest absolute Gasteiger partial charge is 0.472 e. The predicted molar refractivity (Wildman–Crippen MR) is 93.5 cm³/mol. The molecule has 1 aliphatic carbocycles. The summed E-state index contributed by atoms with van der Waals surface area (Å²) in [6, 6.07) is 0.209. The average Bonchev–Trinajstić information content (AvgIpc) is 3.23. The third-order valence-electron chi connectivity index (χ3n) is 5.52. The minimum Gasteiger partial charge on any atom is -0.472 e. The summed E-state index contributed by atoms with van der Waals surface area (Å²) in [5.74, 6) is -0.819. The Balaban J connectivity index is 1.70. The first kappa shape index (κ1) is 18.6. The van der Waals surface area contributed by atoms with Crippen molar-refractivity contribution in [1.29, 1.82) is 0 Å². The molecule has 0 aromatic carbocycles. The number of Topliss-reactive ketones (excluding diaryl/α,β-unsaturated/α-hetero) is 1. The second-order valence-corrected chi connectivity index (χ2v) is 7.62. The number of hydrogen-bond donors (Lipinski definition) is 2. The number of amides is 2. The highest BCUT2D eigenvalue weighted by molar-refractivity contribution is 5.98. The molecule has 0 bridgehead atoms. The summed E-state index contributed by atoms with van der Waals surface area (Å²) in [6.45, 7) is 4.06. The van der Waals surface area contributed by atoms with E-state index in [4.69, 9.17) is 9.15 Å². The molecule has 3 rings (SSSR count). The topological polar surface area (TPSA) is 97.6 Å². The number of nitrogens with one attached hydrogen (secondary N) is 2. The third-order valence-corrected chi connectivity index (χ3v) is 5.52. The fraction of sp³-hybridized carbons (Fsp3) is 0.632. The predicted octanol–water partition coefficient (Wildman–Crippen LogP) is 1.82. The van der Waals surface area contributed by atoms with Crippen LogP contribution in [-0.2, 0) is 14.3 Å². The van der Waals surface area contributed by atoms with Crippen LogP contribution < -0.4 is 10.6 Å². The lowest BCUT2D eigenvalue weighted by Crippen LogP contribution is -2.55. The number of ketones is 1. The lowest BCUT2D eigenvalue weighted by molar-refractivity contribution is -0.128. The summed E-state index contributed by atoms with van der Waals surface area (Å²) in [7, 11) is 0. The van der Waals surface area contributed by atoms with Crippen molar-refractivity contribution in [3.8, 4) is 0 Å². The highest BCUT2D eigenvalue weighted by atomic mass is 16.5. The van der Waals surface area contributed by atoms with Crippen LogP contribution in [0.2, 0.25) is 0 Å². The monoisotopic (exact) mass is 362 g/mol. The van der Waals surface area contributed by atoms with Gasteiger partial charge in [-0.05, 0) is 37.2 Å². The van der Waals surface area contributed by atoms with Crippen LogP contribution in [0.5, 0.6) is 0 Å². The van der Waals surface area contributed by atoms with Gasteiger partial charge in [0.15, 0.2) is 5.78 Å². The second-order valence-electron chi connectivity index (χ2n) is 7.62. The van der Waals surface area contributed by atoms with Crippen molar-refractivity contribution in [3.63, 3.8) is 0 Å². The number of ether oxygens (including phenoxy) is 1. The van der Waals surface area contributed by atoms with E-state index in [9.17, 15) is 14.4 Å². The van der Waals surface area contributed by atoms with Gasteiger partial charge in [0.25, 0.3) is 5.91 Å². The second kappa shape index (κ2) is 7.61. The standard InChI is InChI=1S/C19H26N2O5/c1-3-15-16(14(22)11-26-15)21-18(24)13(9-19(2)6-4-7-19)20-17(23)12-5-8-25-10-12/h5,8,10,13,15-16H,3-4,6-7,9,11H2,1-2H3,(H,20,23)(H,21,24)/t13-,15-,16?/m0/s1. The summed E-state index contributed by atoms with van der Waals surface area (Å²) < 4.78 is 10.4. The molecular formula is C19H26N2O5. The van der Waals surface area contributed by atoms with Gasteiger partial charge in [0.05, 0.1) is 17.9 Å². The molecular weight excluding hydrogens is 336 g/mol. The Kier molecular flexibility index (Phi) is 5.46. The Morgan fingerprint density at radius 1 is 1.38 bits per heavy atom. The molecule has 7 nitrogen and oxygen atoms in total. The van der Waals surface area contributed by atoms with Gasteiger partial charge in [0.1, 0.15) is 25.0 Å². The molecule has 0 spiro atoms. The number of carbonyl (C=O) groups is 3. The zero-order chi connectivity index (χ0) is 18.7. The Morgan fingerprint density at radius 3 is 2.73 bits per heavy atom. The van der Waals surface area contributed by atoms with E-state index in [1.54, 1.807) is 6.07 Å². The molecule has 1 aromatic rings. The van der Waals surface area contributed by atoms with Crippen LogP contribution in [0, 0.1) is 5.41 Å². The molecule has 1 saturated heterocycles. The molecule has 1 aromatic heterocycles. The molecule has 26 heavy (non-hydrogen) atoms. The van der Waals surface area contributed by atoms with E-state index in [2.05, 4.69) is 17.6 Å². The first-order valence-corrected chi connectivity index (χ1v) is 9.19. The highest BCUT2D eigenvalue weighted by Crippen LogP contribution is 2.44. The van der Waals surface area contributed by atoms with Crippen molar-refractivity contribution in [2.45, 2.75) is 64.1 Å². The van der Waals surface area contributed by atoms with Crippen molar-refractivity contribution < 1.29 is 23.5 Å². The molecule has 3 atom stereocenters. The number of rotatable bonds is 7. The molecule has 2 heterocycles. The average molecular weight is 362 g/mol. The molecule has 2 N–H and O–H groups in total. The van der Waals surface area contributed by atoms with E-state index in [0.717, 1.165) is 19.3 Å². The van der Waals surface area contributed by atoms with E-state index < -0.39 is 12.1 Å². The maximum absolute atomic E-state index is 12.9. The Bertz CT molecular complexity index is 665. The first-order valence-electron chi connectivity index (χ1n) is 9.19. The van der Waals surface area contributed by atoms with Gasteiger partial charge in [-0.25, -0.2) is 0 Å². The summed E-state index contributed by atoms with van der Waals surface area (Å²) in [5, 5.41) is 5.60. The van der Waals surface area contributed by atoms with Gasteiger partial charge in [0.2, 0.25) is 5.91 Å². The van der Waals surface area contributed by atoms with E-state index >= 15 is 0 Å². The number of carbonyl (C=O) groups excluding carboxylic acids is 3. The van der Waals surface area contributed by atoms with Gasteiger partial charge >= 0.3 is 0 Å². The van der Waals surface area contributed by atoms with E-state index in [1.807, 2.05) is 6.92 Å². The van der Waals surface area contributed by atoms with Crippen LogP contribution in [0.1, 0.15) is 56.3 Å². The zero-order valence-electron chi connectivity index (χ0n) is 15.2. The molecule has 2 amide bonds. The lowest BCUT2D eigenvalue weighted by atomic mass is 9.67. The summed E-state index contributed by atoms with van der Waals surface area (Å²) in [4.78, 5) is 37.3. The first-order chi connectivity index (χ1) is 12.4. The quantitative estimate of drug-likeness (QED) is 0.771. The van der Waals surface area contributed by atoms with Gasteiger partial charge in [-0.3, -0.25) is 14.4 Å². The fourth-order valence-corrected chi connectivity index (χ4v) is 3.69. The van der Waals surface area contributed by atoms with Gasteiger partial charge in [-0.2, -0.15) is 0 Å². The van der Waals surface area contributed by atoms with Gasteiger partial charge in [-0.1, -0.05) is 20.3 Å². The van der Waals surface area contributed by atoms with Gasteiger partial charge in [-0.15, -0.1) is 0 Å². The van der Waals surface area contributed by atoms with Crippen molar-refractivity contribution in [3.05, 3.63) is 24.2 Å². The number of furan rings is 1. The van der Waals surface area contributed by atoms with Crippen LogP contribution in [0.15, 0.2) is 23.0 Å². The molecule has 7 heteroatoms. The Morgan fingerprint density at radius 2 is 2.15 bits per heavy atom. The molecule has 2 fully saturated rings. The van der Waals surface area contributed by atoms with Gasteiger partial charge in [0, 0.05) is 0 Å². The molecule has 1 aliphatic heterocycles. The third kappa shape index (κ3) is 3.98. The maximum Gasteiger partial charge on any atom is 0.255 e. The highest BCUT2D eigenvalue weighted by Gasteiger charge is 2.40. The van der Waals surface area contributed by atoms with E-state index in [1.165, 1.54) is 12.5 Å². The van der Waals surface area contributed by atoms with Crippen molar-refractivity contribution in [1.82, 2.24) is 10.6 Å². The van der Waals surface area contributed by atoms with Crippen LogP contribution in [0.25, 0.3) is 0 Å². The molecule has 1 saturated carbocycles. The van der Waals surface area contributed by atoms with Crippen LogP contribution in [-0.4, -0.2) is 42.4 Å². The smallest absolute Gasteiger partial charge is 0.255 e. The van der Waals surface area contributed by atoms with E-state index in [-0.39, 0.29) is 35.7 Å². The summed E-state index contributed by atoms with van der Waals surface area (Å²) in [6.07, 6.45) is 6.82. The van der Waals surface area contributed by atoms with Crippen LogP contribution >= 0.6 is 0 Å². The minimum absolute atomic E-state index is 0.0210. The van der Waals surface area contributed by atoms with Crippen molar-refractivity contribution in [2.24, 2.45) is 5.41 Å². The minimum atomic E-state index is -0.700.